The summed E-state index contributed by atoms with van der Waals surface area (Å²) < 4.78 is 10.5. The Morgan fingerprint density at radius 3 is 3.13 bits per heavy atom. The molecular formula is C10H8ClNO3. The maximum Gasteiger partial charge on any atom is 0.235 e. The molecule has 1 heterocycles. The summed E-state index contributed by atoms with van der Waals surface area (Å²) in [6, 6.07) is 1.67. The van der Waals surface area contributed by atoms with E-state index in [2.05, 4.69) is 4.99 Å². The molecule has 0 spiro atoms. The molecule has 5 heteroatoms. The second-order valence-corrected chi connectivity index (χ2v) is 3.51. The van der Waals surface area contributed by atoms with Crippen molar-refractivity contribution in [2.24, 2.45) is 4.99 Å². The van der Waals surface area contributed by atoms with E-state index < -0.39 is 0 Å². The Bertz CT molecular complexity index is 452. The van der Waals surface area contributed by atoms with Crippen molar-refractivity contribution in [3.8, 4) is 11.5 Å². The van der Waals surface area contributed by atoms with Crippen LogP contribution in [0.3, 0.4) is 0 Å². The van der Waals surface area contributed by atoms with Gasteiger partial charge in [0.15, 0.2) is 11.5 Å². The topological polar surface area (TPSA) is 47.9 Å². The van der Waals surface area contributed by atoms with E-state index >= 15 is 0 Å². The smallest absolute Gasteiger partial charge is 0.235 e. The highest BCUT2D eigenvalue weighted by Gasteiger charge is 2.20. The fraction of sp³-hybridized carbons (Fsp3) is 0.300. The standard InChI is InChI=1S/C10H8ClNO3/c1-6-7(3-12-4-13)8(11)2-9-10(6)15-5-14-9/h2H,3,5H2,1H3. The number of aliphatic imine (C=N–C) groups is 1. The van der Waals surface area contributed by atoms with Crippen molar-refractivity contribution in [1.82, 2.24) is 0 Å². The second kappa shape index (κ2) is 3.93. The normalized spacial score (nSPS) is 12.4. The number of fused-ring (bicyclic) bond motifs is 1. The van der Waals surface area contributed by atoms with Crippen molar-refractivity contribution in [2.45, 2.75) is 13.5 Å². The van der Waals surface area contributed by atoms with Crippen LogP contribution in [0.5, 0.6) is 11.5 Å². The highest BCUT2D eigenvalue weighted by Crippen LogP contribution is 2.40. The summed E-state index contributed by atoms with van der Waals surface area (Å²) in [6.07, 6.45) is 1.48. The Morgan fingerprint density at radius 2 is 2.40 bits per heavy atom. The maximum atomic E-state index is 10.0. The van der Waals surface area contributed by atoms with Crippen molar-refractivity contribution in [3.63, 3.8) is 0 Å². The Morgan fingerprint density at radius 1 is 1.60 bits per heavy atom. The van der Waals surface area contributed by atoms with Crippen LogP contribution in [-0.2, 0) is 11.3 Å². The number of rotatable bonds is 2. The fourth-order valence-corrected chi connectivity index (χ4v) is 1.81. The number of halogens is 1. The number of carbonyl (C=O) groups excluding carboxylic acids is 1. The van der Waals surface area contributed by atoms with E-state index in [4.69, 9.17) is 21.1 Å². The van der Waals surface area contributed by atoms with Crippen LogP contribution in [0.25, 0.3) is 0 Å². The van der Waals surface area contributed by atoms with E-state index in [0.29, 0.717) is 16.5 Å². The predicted octanol–water partition coefficient (Wildman–Crippen LogP) is 2.21. The summed E-state index contributed by atoms with van der Waals surface area (Å²) in [7, 11) is 0. The van der Waals surface area contributed by atoms with Crippen LogP contribution in [0, 0.1) is 6.92 Å². The van der Waals surface area contributed by atoms with Gasteiger partial charge in [-0.3, -0.25) is 0 Å². The lowest BCUT2D eigenvalue weighted by atomic mass is 10.1. The summed E-state index contributed by atoms with van der Waals surface area (Å²) in [5.74, 6) is 1.31. The minimum atomic E-state index is 0.201. The third-order valence-corrected chi connectivity index (χ3v) is 2.62. The van der Waals surface area contributed by atoms with E-state index in [1.54, 1.807) is 6.07 Å². The molecular weight excluding hydrogens is 218 g/mol. The number of isocyanates is 1. The van der Waals surface area contributed by atoms with Crippen molar-refractivity contribution in [2.75, 3.05) is 6.79 Å². The molecule has 0 aliphatic carbocycles. The molecule has 0 atom stereocenters. The largest absolute Gasteiger partial charge is 0.454 e. The van der Waals surface area contributed by atoms with Gasteiger partial charge < -0.3 is 9.47 Å². The number of benzene rings is 1. The van der Waals surface area contributed by atoms with Crippen molar-refractivity contribution >= 4 is 17.7 Å². The zero-order valence-electron chi connectivity index (χ0n) is 8.04. The summed E-state index contributed by atoms with van der Waals surface area (Å²) in [5.41, 5.74) is 1.62. The zero-order valence-corrected chi connectivity index (χ0v) is 8.80. The summed E-state index contributed by atoms with van der Waals surface area (Å²) in [6.45, 7) is 2.27. The van der Waals surface area contributed by atoms with Crippen LogP contribution >= 0.6 is 11.6 Å². The first kappa shape index (κ1) is 10.0. The number of nitrogens with zero attached hydrogens (tertiary/aromatic N) is 1. The van der Waals surface area contributed by atoms with E-state index in [0.717, 1.165) is 11.1 Å². The van der Waals surface area contributed by atoms with E-state index in [1.807, 2.05) is 6.92 Å². The van der Waals surface area contributed by atoms with Gasteiger partial charge in [-0.25, -0.2) is 9.79 Å². The van der Waals surface area contributed by atoms with Crippen LogP contribution < -0.4 is 9.47 Å². The lowest BCUT2D eigenvalue weighted by molar-refractivity contribution is 0.173. The Kier molecular flexibility index (Phi) is 2.62. The SMILES string of the molecule is Cc1c(CN=C=O)c(Cl)cc2c1OCO2. The lowest BCUT2D eigenvalue weighted by Crippen LogP contribution is -1.94. The molecule has 0 amide bonds. The first-order valence-electron chi connectivity index (χ1n) is 4.35. The highest BCUT2D eigenvalue weighted by molar-refractivity contribution is 6.31. The number of ether oxygens (including phenoxy) is 2. The van der Waals surface area contributed by atoms with Crippen molar-refractivity contribution in [3.05, 3.63) is 22.2 Å². The molecule has 0 saturated heterocycles. The molecule has 0 bridgehead atoms. The molecule has 2 rings (SSSR count). The van der Waals surface area contributed by atoms with Gasteiger partial charge in [0.25, 0.3) is 0 Å². The quantitative estimate of drug-likeness (QED) is 0.573. The van der Waals surface area contributed by atoms with E-state index in [9.17, 15) is 4.79 Å². The number of hydrogen-bond donors (Lipinski definition) is 0. The molecule has 78 valence electrons. The van der Waals surface area contributed by atoms with Gasteiger partial charge >= 0.3 is 0 Å². The van der Waals surface area contributed by atoms with Crippen molar-refractivity contribution in [1.29, 1.82) is 0 Å². The van der Waals surface area contributed by atoms with Crippen LogP contribution in [0.1, 0.15) is 11.1 Å². The zero-order chi connectivity index (χ0) is 10.8. The van der Waals surface area contributed by atoms with Crippen LogP contribution in [0.4, 0.5) is 0 Å². The average molecular weight is 226 g/mol. The van der Waals surface area contributed by atoms with Gasteiger partial charge in [-0.15, -0.1) is 0 Å². The predicted molar refractivity (Wildman–Crippen MR) is 54.1 cm³/mol. The third kappa shape index (κ3) is 1.69. The minimum Gasteiger partial charge on any atom is -0.454 e. The van der Waals surface area contributed by atoms with Crippen LogP contribution in [0.2, 0.25) is 5.02 Å². The molecule has 0 N–H and O–H groups in total. The van der Waals surface area contributed by atoms with E-state index in [-0.39, 0.29) is 13.3 Å². The molecule has 1 aliphatic rings. The van der Waals surface area contributed by atoms with Gasteiger partial charge in [-0.2, -0.15) is 0 Å². The third-order valence-electron chi connectivity index (χ3n) is 2.28. The average Bonchev–Trinajstić information content (AvgIpc) is 2.65. The van der Waals surface area contributed by atoms with Gasteiger partial charge in [0.1, 0.15) is 0 Å². The van der Waals surface area contributed by atoms with Gasteiger partial charge in [-0.1, -0.05) is 11.6 Å². The summed E-state index contributed by atoms with van der Waals surface area (Å²) in [4.78, 5) is 13.5. The van der Waals surface area contributed by atoms with Crippen molar-refractivity contribution < 1.29 is 14.3 Å². The maximum absolute atomic E-state index is 10.0. The molecule has 1 aliphatic heterocycles. The number of hydrogen-bond acceptors (Lipinski definition) is 4. The molecule has 0 radical (unpaired) electrons. The first-order chi connectivity index (χ1) is 7.24. The molecule has 0 unspecified atom stereocenters. The Labute approximate surface area is 91.5 Å². The highest BCUT2D eigenvalue weighted by atomic mass is 35.5. The monoisotopic (exact) mass is 225 g/mol. The minimum absolute atomic E-state index is 0.201. The van der Waals surface area contributed by atoms with Gasteiger partial charge in [0.05, 0.1) is 6.54 Å². The van der Waals surface area contributed by atoms with Crippen LogP contribution in [-0.4, -0.2) is 12.9 Å². The molecule has 1 aromatic rings. The Balaban J connectivity index is 2.50. The molecule has 15 heavy (non-hydrogen) atoms. The molecule has 1 aromatic carbocycles. The second-order valence-electron chi connectivity index (χ2n) is 3.10. The molecule has 0 fully saturated rings. The van der Waals surface area contributed by atoms with Crippen LogP contribution in [0.15, 0.2) is 11.1 Å². The first-order valence-corrected chi connectivity index (χ1v) is 4.73. The fourth-order valence-electron chi connectivity index (χ4n) is 1.51. The summed E-state index contributed by atoms with van der Waals surface area (Å²) in [5, 5.41) is 0.524. The van der Waals surface area contributed by atoms with E-state index in [1.165, 1.54) is 6.08 Å². The lowest BCUT2D eigenvalue weighted by Gasteiger charge is -2.08. The van der Waals surface area contributed by atoms with Gasteiger partial charge in [-0.05, 0) is 12.5 Å². The molecule has 0 aromatic heterocycles. The Hall–Kier alpha value is -1.51. The van der Waals surface area contributed by atoms with Gasteiger partial charge in [0.2, 0.25) is 12.9 Å². The summed E-state index contributed by atoms with van der Waals surface area (Å²) >= 11 is 6.02. The van der Waals surface area contributed by atoms with Gasteiger partial charge in [0, 0.05) is 16.7 Å². The molecule has 0 saturated carbocycles. The molecule has 4 nitrogen and oxygen atoms in total.